The van der Waals surface area contributed by atoms with Crippen molar-refractivity contribution in [2.45, 2.75) is 51.1 Å². The average molecular weight is 516 g/mol. The fourth-order valence-electron chi connectivity index (χ4n) is 5.57. The number of halogens is 1. The van der Waals surface area contributed by atoms with Gasteiger partial charge in [0, 0.05) is 29.2 Å². The van der Waals surface area contributed by atoms with Gasteiger partial charge in [0.25, 0.3) is 5.91 Å². The van der Waals surface area contributed by atoms with Crippen molar-refractivity contribution in [3.05, 3.63) is 69.6 Å². The van der Waals surface area contributed by atoms with Crippen molar-refractivity contribution in [3.8, 4) is 6.07 Å². The fraction of sp³-hybridized carbons (Fsp3) is 0.407. The van der Waals surface area contributed by atoms with E-state index < -0.39 is 0 Å². The summed E-state index contributed by atoms with van der Waals surface area (Å²) in [6.45, 7) is 4.66. The van der Waals surface area contributed by atoms with Gasteiger partial charge in [-0.3, -0.25) is 14.5 Å². The van der Waals surface area contributed by atoms with Gasteiger partial charge >= 0.3 is 0 Å². The van der Waals surface area contributed by atoms with E-state index in [-0.39, 0.29) is 41.4 Å². The number of pyridine rings is 1. The second-order valence-corrected chi connectivity index (χ2v) is 10.8. The standard InChI is InChI=1S/C27H26ClN7O2/c1-14-21(5-6-25(30-14)34-12-18-9-23(18)27(34)37)15(2)35-13-24(32-33-35)26(36)31-20-7-17(8-20)22-10-19(28)4-3-16(22)11-29/h3-6,10,13,15,17-18,20,23H,7-9,12H2,1-2H3,(H,31,36)/t15?,17?,18-,20?,23-/m1/s1. The number of amides is 2. The summed E-state index contributed by atoms with van der Waals surface area (Å²) in [6.07, 6.45) is 4.13. The van der Waals surface area contributed by atoms with Crippen LogP contribution >= 0.6 is 11.6 Å². The molecule has 2 aromatic heterocycles. The van der Waals surface area contributed by atoms with Gasteiger partial charge in [0.15, 0.2) is 5.69 Å². The van der Waals surface area contributed by atoms with Gasteiger partial charge in [-0.2, -0.15) is 5.26 Å². The van der Waals surface area contributed by atoms with Crippen LogP contribution in [0.2, 0.25) is 5.02 Å². The van der Waals surface area contributed by atoms with Crippen LogP contribution in [0.25, 0.3) is 0 Å². The third-order valence-electron chi connectivity index (χ3n) is 7.95. The Labute approximate surface area is 219 Å². The van der Waals surface area contributed by atoms with E-state index in [1.807, 2.05) is 32.0 Å². The summed E-state index contributed by atoms with van der Waals surface area (Å²) in [5.74, 6) is 1.48. The predicted octanol–water partition coefficient (Wildman–Crippen LogP) is 3.77. The molecule has 188 valence electrons. The van der Waals surface area contributed by atoms with Gasteiger partial charge in [-0.25, -0.2) is 9.67 Å². The Morgan fingerprint density at radius 1 is 1.24 bits per heavy atom. The lowest BCUT2D eigenvalue weighted by atomic mass is 9.74. The maximum absolute atomic E-state index is 12.8. The van der Waals surface area contributed by atoms with Crippen LogP contribution in [-0.4, -0.2) is 44.4 Å². The normalized spacial score (nSPS) is 24.7. The maximum atomic E-state index is 12.8. The number of aromatic nitrogens is 4. The van der Waals surface area contributed by atoms with Gasteiger partial charge in [0.1, 0.15) is 5.82 Å². The lowest BCUT2D eigenvalue weighted by Gasteiger charge is -2.36. The summed E-state index contributed by atoms with van der Waals surface area (Å²) in [6, 6.07) is 11.2. The van der Waals surface area contributed by atoms with Crippen LogP contribution in [0, 0.1) is 30.1 Å². The molecule has 0 spiro atoms. The summed E-state index contributed by atoms with van der Waals surface area (Å²) in [7, 11) is 0. The van der Waals surface area contributed by atoms with Crippen molar-refractivity contribution in [3.63, 3.8) is 0 Å². The zero-order valence-corrected chi connectivity index (χ0v) is 21.3. The molecule has 2 amide bonds. The average Bonchev–Trinajstić information content (AvgIpc) is 3.31. The number of nitriles is 1. The topological polar surface area (TPSA) is 117 Å². The van der Waals surface area contributed by atoms with Crippen molar-refractivity contribution in [1.29, 1.82) is 5.26 Å². The molecule has 0 radical (unpaired) electrons. The minimum atomic E-state index is -0.273. The molecule has 10 heteroatoms. The second-order valence-electron chi connectivity index (χ2n) is 10.3. The van der Waals surface area contributed by atoms with Crippen LogP contribution in [0.1, 0.15) is 71.0 Å². The van der Waals surface area contributed by atoms with E-state index in [1.54, 1.807) is 27.9 Å². The van der Waals surface area contributed by atoms with Gasteiger partial charge in [-0.1, -0.05) is 22.9 Å². The van der Waals surface area contributed by atoms with Gasteiger partial charge in [0.2, 0.25) is 5.91 Å². The Bertz CT molecular complexity index is 1460. The largest absolute Gasteiger partial charge is 0.348 e. The summed E-state index contributed by atoms with van der Waals surface area (Å²) < 4.78 is 1.66. The van der Waals surface area contributed by atoms with E-state index in [9.17, 15) is 14.9 Å². The highest BCUT2D eigenvalue weighted by Crippen LogP contribution is 2.47. The van der Waals surface area contributed by atoms with Crippen molar-refractivity contribution in [2.24, 2.45) is 11.8 Å². The van der Waals surface area contributed by atoms with Crippen molar-refractivity contribution in [2.75, 3.05) is 11.4 Å². The molecule has 6 rings (SSSR count). The maximum Gasteiger partial charge on any atom is 0.273 e. The number of rotatable bonds is 6. The first kappa shape index (κ1) is 23.6. The summed E-state index contributed by atoms with van der Waals surface area (Å²) in [4.78, 5) is 31.7. The molecule has 2 saturated carbocycles. The smallest absolute Gasteiger partial charge is 0.273 e. The van der Waals surface area contributed by atoms with Crippen LogP contribution in [0.15, 0.2) is 36.5 Å². The molecule has 37 heavy (non-hydrogen) atoms. The van der Waals surface area contributed by atoms with Crippen LogP contribution in [-0.2, 0) is 4.79 Å². The van der Waals surface area contributed by atoms with E-state index in [2.05, 4.69) is 21.7 Å². The molecule has 3 aromatic rings. The molecule has 1 saturated heterocycles. The molecule has 1 aromatic carbocycles. The Balaban J connectivity index is 1.08. The SMILES string of the molecule is Cc1nc(N2C[C@H]3C[C@H]3C2=O)ccc1C(C)n1cc(C(=O)NC2CC(c3cc(Cl)ccc3C#N)C2)nn1. The molecular weight excluding hydrogens is 490 g/mol. The number of hydrogen-bond donors (Lipinski definition) is 1. The molecule has 3 fully saturated rings. The highest BCUT2D eigenvalue weighted by atomic mass is 35.5. The number of hydrogen-bond acceptors (Lipinski definition) is 6. The predicted molar refractivity (Wildman–Crippen MR) is 136 cm³/mol. The van der Waals surface area contributed by atoms with E-state index in [4.69, 9.17) is 16.6 Å². The number of carbonyl (C=O) groups is 2. The first-order valence-electron chi connectivity index (χ1n) is 12.5. The number of benzene rings is 1. The van der Waals surface area contributed by atoms with E-state index in [0.29, 0.717) is 22.3 Å². The van der Waals surface area contributed by atoms with Crippen molar-refractivity contribution in [1.82, 2.24) is 25.3 Å². The highest BCUT2D eigenvalue weighted by molar-refractivity contribution is 6.30. The lowest BCUT2D eigenvalue weighted by molar-refractivity contribution is -0.118. The lowest BCUT2D eigenvalue weighted by Crippen LogP contribution is -2.43. The van der Waals surface area contributed by atoms with Gasteiger partial charge in [-0.05, 0) is 80.3 Å². The molecule has 1 aliphatic heterocycles. The molecule has 9 nitrogen and oxygen atoms in total. The van der Waals surface area contributed by atoms with Crippen LogP contribution in [0.3, 0.4) is 0 Å². The van der Waals surface area contributed by atoms with E-state index >= 15 is 0 Å². The summed E-state index contributed by atoms with van der Waals surface area (Å²) >= 11 is 6.12. The number of carbonyl (C=O) groups excluding carboxylic acids is 2. The van der Waals surface area contributed by atoms with Crippen molar-refractivity contribution < 1.29 is 9.59 Å². The Kier molecular flexibility index (Phi) is 5.72. The molecule has 3 atom stereocenters. The first-order chi connectivity index (χ1) is 17.8. The quantitative estimate of drug-likeness (QED) is 0.534. The Morgan fingerprint density at radius 3 is 2.76 bits per heavy atom. The van der Waals surface area contributed by atoms with E-state index in [0.717, 1.165) is 42.6 Å². The number of fused-ring (bicyclic) bond motifs is 1. The van der Waals surface area contributed by atoms with E-state index in [1.165, 1.54) is 0 Å². The van der Waals surface area contributed by atoms with Gasteiger partial charge in [0.05, 0.1) is 23.9 Å². The van der Waals surface area contributed by atoms with Crippen LogP contribution < -0.4 is 10.2 Å². The number of aryl methyl sites for hydroxylation is 1. The molecule has 2 aliphatic carbocycles. The zero-order valence-electron chi connectivity index (χ0n) is 20.6. The number of piperidine rings is 1. The zero-order chi connectivity index (χ0) is 25.8. The minimum absolute atomic E-state index is 0.00363. The molecule has 3 heterocycles. The van der Waals surface area contributed by atoms with Crippen molar-refractivity contribution >= 4 is 29.2 Å². The number of nitrogens with one attached hydrogen (secondary N) is 1. The molecular formula is C27H26ClN7O2. The Hall–Kier alpha value is -3.77. The van der Waals surface area contributed by atoms with Gasteiger partial charge < -0.3 is 5.32 Å². The Morgan fingerprint density at radius 2 is 2.05 bits per heavy atom. The highest BCUT2D eigenvalue weighted by Gasteiger charge is 2.52. The van der Waals surface area contributed by atoms with Crippen LogP contribution in [0.5, 0.6) is 0 Å². The molecule has 1 unspecified atom stereocenters. The number of anilines is 1. The summed E-state index contributed by atoms with van der Waals surface area (Å²) in [5.41, 5.74) is 3.57. The second kappa shape index (κ2) is 8.96. The molecule has 0 bridgehead atoms. The van der Waals surface area contributed by atoms with Crippen LogP contribution in [0.4, 0.5) is 5.82 Å². The van der Waals surface area contributed by atoms with Gasteiger partial charge in [-0.15, -0.1) is 5.10 Å². The first-order valence-corrected chi connectivity index (χ1v) is 12.9. The summed E-state index contributed by atoms with van der Waals surface area (Å²) in [5, 5.41) is 21.3. The third kappa shape index (κ3) is 4.25. The monoisotopic (exact) mass is 515 g/mol. The minimum Gasteiger partial charge on any atom is -0.348 e. The number of nitrogens with zero attached hydrogens (tertiary/aromatic N) is 6. The molecule has 1 N–H and O–H groups in total. The fourth-order valence-corrected chi connectivity index (χ4v) is 5.75. The molecule has 3 aliphatic rings. The third-order valence-corrected chi connectivity index (χ3v) is 8.18.